The van der Waals surface area contributed by atoms with E-state index in [1.807, 2.05) is 0 Å². The fourth-order valence-corrected chi connectivity index (χ4v) is 1.58. The van der Waals surface area contributed by atoms with Crippen LogP contribution in [0.15, 0.2) is 0 Å². The Morgan fingerprint density at radius 2 is 1.00 bits per heavy atom. The average molecular weight is 185 g/mol. The summed E-state index contributed by atoms with van der Waals surface area (Å²) in [6.45, 7) is 5.63. The molecule has 78 valence electrons. The maximum Gasteiger partial charge on any atom is 0.0454 e. The van der Waals surface area contributed by atoms with Crippen molar-refractivity contribution in [1.29, 1.82) is 0 Å². The van der Waals surface area contributed by atoms with Crippen molar-refractivity contribution in [3.63, 3.8) is 0 Å². The Hall–Kier alpha value is -0.120. The van der Waals surface area contributed by atoms with Crippen LogP contribution in [0.25, 0.3) is 0 Å². The molecule has 0 bridgehead atoms. The summed E-state index contributed by atoms with van der Waals surface area (Å²) >= 11 is 0. The first-order chi connectivity index (χ1) is 6.50. The molecule has 3 N–H and O–H groups in total. The molecule has 0 unspecified atom stereocenters. The van der Waals surface area contributed by atoms with E-state index in [1.165, 1.54) is 45.2 Å². The second-order valence-corrected chi connectivity index (χ2v) is 3.69. The van der Waals surface area contributed by atoms with E-state index < -0.39 is 0 Å². The lowest BCUT2D eigenvalue weighted by Gasteiger charge is -2.05. The lowest BCUT2D eigenvalue weighted by molar-refractivity contribution is 0.549. The van der Waals surface area contributed by atoms with Crippen LogP contribution < -0.4 is 16.0 Å². The molecule has 3 heteroatoms. The van der Waals surface area contributed by atoms with Crippen LogP contribution >= 0.6 is 0 Å². The highest BCUT2D eigenvalue weighted by atomic mass is 15.0. The van der Waals surface area contributed by atoms with Crippen molar-refractivity contribution in [2.75, 3.05) is 32.8 Å². The van der Waals surface area contributed by atoms with Gasteiger partial charge in [0.2, 0.25) is 0 Å². The summed E-state index contributed by atoms with van der Waals surface area (Å²) in [4.78, 5) is 0. The van der Waals surface area contributed by atoms with Gasteiger partial charge in [0.1, 0.15) is 0 Å². The Balaban J connectivity index is 2.01. The van der Waals surface area contributed by atoms with Crippen molar-refractivity contribution in [2.45, 2.75) is 32.1 Å². The van der Waals surface area contributed by atoms with Crippen molar-refractivity contribution < 1.29 is 0 Å². The molecule has 0 spiro atoms. The van der Waals surface area contributed by atoms with Gasteiger partial charge in [-0.3, -0.25) is 0 Å². The van der Waals surface area contributed by atoms with Gasteiger partial charge in [0.15, 0.2) is 0 Å². The van der Waals surface area contributed by atoms with Crippen molar-refractivity contribution in [3.8, 4) is 0 Å². The van der Waals surface area contributed by atoms with E-state index in [9.17, 15) is 0 Å². The van der Waals surface area contributed by atoms with Crippen LogP contribution in [0.2, 0.25) is 0 Å². The van der Waals surface area contributed by atoms with E-state index >= 15 is 0 Å². The third-order valence-corrected chi connectivity index (χ3v) is 2.41. The zero-order valence-electron chi connectivity index (χ0n) is 8.57. The molecule has 0 aromatic rings. The number of hydrogen-bond acceptors (Lipinski definition) is 3. The molecule has 0 atom stereocenters. The van der Waals surface area contributed by atoms with E-state index in [1.54, 1.807) is 0 Å². The van der Waals surface area contributed by atoms with Crippen molar-refractivity contribution in [2.24, 2.45) is 0 Å². The molecule has 1 heterocycles. The van der Waals surface area contributed by atoms with Crippen molar-refractivity contribution in [3.05, 3.63) is 0 Å². The monoisotopic (exact) mass is 185 g/mol. The predicted octanol–water partition coefficient (Wildman–Crippen LogP) is 0.677. The summed E-state index contributed by atoms with van der Waals surface area (Å²) in [5, 5.41) is 10.2. The molecule has 1 fully saturated rings. The molecule has 0 radical (unpaired) electrons. The second-order valence-electron chi connectivity index (χ2n) is 3.69. The van der Waals surface area contributed by atoms with Crippen LogP contribution in [0.4, 0.5) is 0 Å². The quantitative estimate of drug-likeness (QED) is 0.519. The maximum atomic E-state index is 3.46. The summed E-state index contributed by atoms with van der Waals surface area (Å²) in [6, 6.07) is 0. The summed E-state index contributed by atoms with van der Waals surface area (Å²) in [6.07, 6.45) is 6.65. The van der Waals surface area contributed by atoms with E-state index in [0.29, 0.717) is 0 Å². The van der Waals surface area contributed by atoms with Crippen molar-refractivity contribution >= 4 is 0 Å². The first-order valence-corrected chi connectivity index (χ1v) is 5.62. The molecular weight excluding hydrogens is 162 g/mol. The van der Waals surface area contributed by atoms with Crippen molar-refractivity contribution in [1.82, 2.24) is 16.0 Å². The lowest BCUT2D eigenvalue weighted by Crippen LogP contribution is -2.31. The third kappa shape index (κ3) is 6.99. The van der Waals surface area contributed by atoms with Crippen LogP contribution in [-0.4, -0.2) is 32.8 Å². The molecular formula is C10H23N3. The van der Waals surface area contributed by atoms with Crippen LogP contribution in [0.1, 0.15) is 32.1 Å². The SMILES string of the molecule is C1CCCNCNCCCNCC1. The second kappa shape index (κ2) is 8.48. The number of nitrogens with one attached hydrogen (secondary N) is 3. The molecule has 3 nitrogen and oxygen atoms in total. The molecule has 0 aromatic heterocycles. The van der Waals surface area contributed by atoms with Gasteiger partial charge in [-0.2, -0.15) is 0 Å². The van der Waals surface area contributed by atoms with E-state index in [-0.39, 0.29) is 0 Å². The van der Waals surface area contributed by atoms with Gasteiger partial charge in [-0.1, -0.05) is 12.8 Å². The Kier molecular flexibility index (Phi) is 7.15. The summed E-state index contributed by atoms with van der Waals surface area (Å²) in [5.74, 6) is 0. The largest absolute Gasteiger partial charge is 0.317 e. The van der Waals surface area contributed by atoms with Gasteiger partial charge in [0, 0.05) is 6.67 Å². The van der Waals surface area contributed by atoms with Crippen LogP contribution in [0.3, 0.4) is 0 Å². The highest BCUT2D eigenvalue weighted by Crippen LogP contribution is 1.97. The van der Waals surface area contributed by atoms with Crippen LogP contribution in [0.5, 0.6) is 0 Å². The molecule has 13 heavy (non-hydrogen) atoms. The van der Waals surface area contributed by atoms with E-state index in [4.69, 9.17) is 0 Å². The Labute approximate surface area is 81.7 Å². The Bertz CT molecular complexity index is 58.2. The maximum absolute atomic E-state index is 3.46. The topological polar surface area (TPSA) is 36.1 Å². The normalized spacial score (nSPS) is 24.0. The predicted molar refractivity (Wildman–Crippen MR) is 56.8 cm³/mol. The van der Waals surface area contributed by atoms with Gasteiger partial charge in [0.05, 0.1) is 0 Å². The first kappa shape index (κ1) is 11.0. The minimum Gasteiger partial charge on any atom is -0.317 e. The zero-order chi connectivity index (χ0) is 9.19. The van der Waals surface area contributed by atoms with Gasteiger partial charge >= 0.3 is 0 Å². The minimum atomic E-state index is 0.972. The molecule has 0 aliphatic carbocycles. The smallest absolute Gasteiger partial charge is 0.0454 e. The average Bonchev–Trinajstić information content (AvgIpc) is 2.18. The Morgan fingerprint density at radius 3 is 1.77 bits per heavy atom. The molecule has 0 amide bonds. The van der Waals surface area contributed by atoms with Gasteiger partial charge < -0.3 is 16.0 Å². The molecule has 1 rings (SSSR count). The highest BCUT2D eigenvalue weighted by Gasteiger charge is 1.93. The molecule has 0 saturated carbocycles. The van der Waals surface area contributed by atoms with Gasteiger partial charge in [-0.05, 0) is 45.4 Å². The Morgan fingerprint density at radius 1 is 0.462 bits per heavy atom. The van der Waals surface area contributed by atoms with E-state index in [2.05, 4.69) is 16.0 Å². The highest BCUT2D eigenvalue weighted by molar-refractivity contribution is 4.55. The van der Waals surface area contributed by atoms with Crippen LogP contribution in [-0.2, 0) is 0 Å². The molecule has 1 aliphatic rings. The van der Waals surface area contributed by atoms with Gasteiger partial charge in [-0.15, -0.1) is 0 Å². The summed E-state index contributed by atoms with van der Waals surface area (Å²) in [7, 11) is 0. The zero-order valence-corrected chi connectivity index (χ0v) is 8.57. The van der Waals surface area contributed by atoms with Crippen LogP contribution in [0, 0.1) is 0 Å². The summed E-state index contributed by atoms with van der Waals surface area (Å²) < 4.78 is 0. The lowest BCUT2D eigenvalue weighted by atomic mass is 10.2. The number of rotatable bonds is 0. The standard InChI is InChI=1S/C10H23N3/c1-2-4-7-12-10-13-9-5-8-11-6-3-1/h11-13H,1-10H2. The molecule has 0 aromatic carbocycles. The van der Waals surface area contributed by atoms with Gasteiger partial charge in [0.25, 0.3) is 0 Å². The molecule has 1 aliphatic heterocycles. The first-order valence-electron chi connectivity index (χ1n) is 5.62. The fourth-order valence-electron chi connectivity index (χ4n) is 1.58. The molecule has 1 saturated heterocycles. The fraction of sp³-hybridized carbons (Fsp3) is 1.00. The minimum absolute atomic E-state index is 0.972. The summed E-state index contributed by atoms with van der Waals surface area (Å²) in [5.41, 5.74) is 0. The third-order valence-electron chi connectivity index (χ3n) is 2.41. The van der Waals surface area contributed by atoms with Gasteiger partial charge in [-0.25, -0.2) is 0 Å². The number of hydrogen-bond donors (Lipinski definition) is 3. The van der Waals surface area contributed by atoms with E-state index in [0.717, 1.165) is 19.8 Å².